The monoisotopic (exact) mass is 308 g/mol. The van der Waals surface area contributed by atoms with E-state index < -0.39 is 10.0 Å². The second-order valence-corrected chi connectivity index (χ2v) is 7.17. The van der Waals surface area contributed by atoms with Crippen LogP contribution in [-0.2, 0) is 10.0 Å². The molecular formula is C16H24N2O2S. The molecule has 2 rings (SSSR count). The van der Waals surface area contributed by atoms with E-state index in [9.17, 15) is 8.42 Å². The molecule has 1 fully saturated rings. The van der Waals surface area contributed by atoms with Crippen LogP contribution in [0.2, 0.25) is 0 Å². The van der Waals surface area contributed by atoms with E-state index in [1.54, 1.807) is 10.4 Å². The fraction of sp³-hybridized carbons (Fsp3) is 0.500. The standard InChI is InChI=1S/C16H24N2O2S/c1-3-15-13-18(16(4-2)12-17-15)21(19,20)11-10-14-8-6-5-7-9-14/h5-11,15-17H,3-4,12-13H2,1-2H3. The number of piperazine rings is 1. The van der Waals surface area contributed by atoms with Crippen molar-refractivity contribution in [2.45, 2.75) is 38.8 Å². The SMILES string of the molecule is CCC1CN(S(=O)(=O)C=Cc2ccccc2)C(CC)CN1. The third kappa shape index (κ3) is 4.15. The molecule has 0 aromatic heterocycles. The fourth-order valence-electron chi connectivity index (χ4n) is 2.58. The summed E-state index contributed by atoms with van der Waals surface area (Å²) in [6.45, 7) is 5.39. The first-order valence-electron chi connectivity index (χ1n) is 7.55. The number of sulfonamides is 1. The first kappa shape index (κ1) is 16.2. The second-order valence-electron chi connectivity index (χ2n) is 5.40. The van der Waals surface area contributed by atoms with Gasteiger partial charge >= 0.3 is 0 Å². The predicted molar refractivity (Wildman–Crippen MR) is 87.3 cm³/mol. The van der Waals surface area contributed by atoms with Crippen LogP contribution in [0.4, 0.5) is 0 Å². The van der Waals surface area contributed by atoms with E-state index in [1.807, 2.05) is 37.3 Å². The molecule has 0 aliphatic carbocycles. The molecule has 0 amide bonds. The highest BCUT2D eigenvalue weighted by Gasteiger charge is 2.32. The summed E-state index contributed by atoms with van der Waals surface area (Å²) in [6, 6.07) is 9.80. The van der Waals surface area contributed by atoms with Crippen LogP contribution in [0, 0.1) is 0 Å². The molecule has 2 atom stereocenters. The Balaban J connectivity index is 2.18. The Bertz CT molecular complexity index is 569. The average molecular weight is 308 g/mol. The molecule has 1 aromatic carbocycles. The number of nitrogens with zero attached hydrogens (tertiary/aromatic N) is 1. The van der Waals surface area contributed by atoms with Gasteiger partial charge in [0.25, 0.3) is 0 Å². The summed E-state index contributed by atoms with van der Waals surface area (Å²) in [7, 11) is -3.37. The van der Waals surface area contributed by atoms with Crippen LogP contribution in [0.1, 0.15) is 32.3 Å². The molecule has 0 saturated carbocycles. The summed E-state index contributed by atoms with van der Waals surface area (Å²) >= 11 is 0. The minimum absolute atomic E-state index is 0.0400. The fourth-order valence-corrected chi connectivity index (χ4v) is 4.09. The van der Waals surface area contributed by atoms with Crippen LogP contribution < -0.4 is 5.32 Å². The van der Waals surface area contributed by atoms with Crippen LogP contribution in [0.25, 0.3) is 6.08 Å². The number of hydrogen-bond donors (Lipinski definition) is 1. The Labute approximate surface area is 127 Å². The zero-order valence-corrected chi connectivity index (χ0v) is 13.5. The van der Waals surface area contributed by atoms with E-state index >= 15 is 0 Å². The van der Waals surface area contributed by atoms with E-state index in [0.717, 1.165) is 24.9 Å². The molecule has 4 nitrogen and oxygen atoms in total. The number of benzene rings is 1. The first-order chi connectivity index (χ1) is 10.1. The van der Waals surface area contributed by atoms with Gasteiger partial charge < -0.3 is 5.32 Å². The largest absolute Gasteiger partial charge is 0.311 e. The van der Waals surface area contributed by atoms with Crippen LogP contribution >= 0.6 is 0 Å². The van der Waals surface area contributed by atoms with Gasteiger partial charge in [-0.25, -0.2) is 8.42 Å². The van der Waals surface area contributed by atoms with Gasteiger partial charge in [0.2, 0.25) is 10.0 Å². The topological polar surface area (TPSA) is 49.4 Å². The zero-order valence-electron chi connectivity index (χ0n) is 12.7. The van der Waals surface area contributed by atoms with Crippen molar-refractivity contribution >= 4 is 16.1 Å². The van der Waals surface area contributed by atoms with Gasteiger partial charge in [0.15, 0.2) is 0 Å². The minimum atomic E-state index is -3.37. The predicted octanol–water partition coefficient (Wildman–Crippen LogP) is 2.45. The highest BCUT2D eigenvalue weighted by molar-refractivity contribution is 7.92. The molecule has 116 valence electrons. The summed E-state index contributed by atoms with van der Waals surface area (Å²) in [6.07, 6.45) is 3.43. The van der Waals surface area contributed by atoms with Crippen molar-refractivity contribution in [3.8, 4) is 0 Å². The molecule has 0 bridgehead atoms. The van der Waals surface area contributed by atoms with Gasteiger partial charge in [0.1, 0.15) is 0 Å². The van der Waals surface area contributed by atoms with Crippen LogP contribution in [0.3, 0.4) is 0 Å². The Morgan fingerprint density at radius 3 is 2.57 bits per heavy atom. The lowest BCUT2D eigenvalue weighted by molar-refractivity contribution is 0.217. The van der Waals surface area contributed by atoms with Crippen LogP contribution in [0.15, 0.2) is 35.7 Å². The summed E-state index contributed by atoms with van der Waals surface area (Å²) < 4.78 is 26.9. The first-order valence-corrected chi connectivity index (χ1v) is 9.05. The molecule has 21 heavy (non-hydrogen) atoms. The third-order valence-electron chi connectivity index (χ3n) is 3.97. The van der Waals surface area contributed by atoms with E-state index in [0.29, 0.717) is 6.54 Å². The number of rotatable bonds is 5. The zero-order chi connectivity index (χ0) is 15.3. The van der Waals surface area contributed by atoms with Gasteiger partial charge in [0, 0.05) is 30.6 Å². The van der Waals surface area contributed by atoms with Gasteiger partial charge in [0.05, 0.1) is 0 Å². The molecule has 0 spiro atoms. The maximum atomic E-state index is 12.6. The quantitative estimate of drug-likeness (QED) is 0.909. The van der Waals surface area contributed by atoms with Crippen molar-refractivity contribution in [2.75, 3.05) is 13.1 Å². The third-order valence-corrected chi connectivity index (χ3v) is 5.55. The molecule has 1 N–H and O–H groups in total. The summed E-state index contributed by atoms with van der Waals surface area (Å²) in [4.78, 5) is 0. The van der Waals surface area contributed by atoms with Gasteiger partial charge in [-0.1, -0.05) is 44.2 Å². The van der Waals surface area contributed by atoms with Crippen LogP contribution in [-0.4, -0.2) is 37.9 Å². The van der Waals surface area contributed by atoms with Gasteiger partial charge in [-0.3, -0.25) is 0 Å². The van der Waals surface area contributed by atoms with Crippen LogP contribution in [0.5, 0.6) is 0 Å². The van der Waals surface area contributed by atoms with Crippen molar-refractivity contribution < 1.29 is 8.42 Å². The smallest absolute Gasteiger partial charge is 0.236 e. The highest BCUT2D eigenvalue weighted by Crippen LogP contribution is 2.18. The summed E-state index contributed by atoms with van der Waals surface area (Å²) in [5.41, 5.74) is 0.899. The molecule has 1 aromatic rings. The van der Waals surface area contributed by atoms with Gasteiger partial charge in [-0.2, -0.15) is 4.31 Å². The van der Waals surface area contributed by atoms with E-state index in [-0.39, 0.29) is 12.1 Å². The molecule has 2 unspecified atom stereocenters. The lowest BCUT2D eigenvalue weighted by Gasteiger charge is -2.38. The summed E-state index contributed by atoms with van der Waals surface area (Å²) in [5, 5.41) is 4.75. The highest BCUT2D eigenvalue weighted by atomic mass is 32.2. The molecule has 0 radical (unpaired) electrons. The molecular weight excluding hydrogens is 284 g/mol. The Hall–Kier alpha value is -1.17. The lowest BCUT2D eigenvalue weighted by atomic mass is 10.1. The van der Waals surface area contributed by atoms with Crippen molar-refractivity contribution in [1.82, 2.24) is 9.62 Å². The average Bonchev–Trinajstić information content (AvgIpc) is 2.53. The Morgan fingerprint density at radius 1 is 1.24 bits per heavy atom. The van der Waals surface area contributed by atoms with E-state index in [1.165, 1.54) is 5.41 Å². The minimum Gasteiger partial charge on any atom is -0.311 e. The normalized spacial score (nSPS) is 24.5. The van der Waals surface area contributed by atoms with Crippen molar-refractivity contribution in [2.24, 2.45) is 0 Å². The summed E-state index contributed by atoms with van der Waals surface area (Å²) in [5.74, 6) is 0. The lowest BCUT2D eigenvalue weighted by Crippen LogP contribution is -2.57. The maximum Gasteiger partial charge on any atom is 0.236 e. The molecule has 5 heteroatoms. The number of nitrogens with one attached hydrogen (secondary N) is 1. The Kier molecular flexibility index (Phi) is 5.56. The van der Waals surface area contributed by atoms with Crippen molar-refractivity contribution in [1.29, 1.82) is 0 Å². The van der Waals surface area contributed by atoms with Crippen molar-refractivity contribution in [3.05, 3.63) is 41.3 Å². The molecule has 1 aliphatic heterocycles. The van der Waals surface area contributed by atoms with Gasteiger partial charge in [-0.15, -0.1) is 0 Å². The second kappa shape index (κ2) is 7.20. The van der Waals surface area contributed by atoms with Crippen molar-refractivity contribution in [3.63, 3.8) is 0 Å². The molecule has 1 aliphatic rings. The van der Waals surface area contributed by atoms with E-state index in [2.05, 4.69) is 12.2 Å². The van der Waals surface area contributed by atoms with Gasteiger partial charge in [-0.05, 0) is 24.5 Å². The van der Waals surface area contributed by atoms with E-state index in [4.69, 9.17) is 0 Å². The number of hydrogen-bond acceptors (Lipinski definition) is 3. The Morgan fingerprint density at radius 2 is 1.95 bits per heavy atom. The molecule has 1 saturated heterocycles. The molecule has 1 heterocycles. The maximum absolute atomic E-state index is 12.6.